The molecule has 1 aromatic carbocycles. The van der Waals surface area contributed by atoms with E-state index in [0.29, 0.717) is 13.0 Å². The highest BCUT2D eigenvalue weighted by atomic mass is 16.6. The van der Waals surface area contributed by atoms with Gasteiger partial charge >= 0.3 is 6.09 Å². The topological polar surface area (TPSA) is 100 Å². The van der Waals surface area contributed by atoms with Crippen molar-refractivity contribution in [2.45, 2.75) is 24.7 Å². The Kier molecular flexibility index (Phi) is 6.00. The van der Waals surface area contributed by atoms with E-state index < -0.39 is 18.3 Å². The number of β-amino-alcohol motifs (C(OH)–C–C–N with tert-alkyl or cyclic N) is 1. The van der Waals surface area contributed by atoms with Crippen molar-refractivity contribution >= 4 is 6.09 Å². The van der Waals surface area contributed by atoms with Gasteiger partial charge in [-0.15, -0.1) is 0 Å². The molecule has 1 saturated heterocycles. The third kappa shape index (κ3) is 4.33. The van der Waals surface area contributed by atoms with E-state index in [-0.39, 0.29) is 19.2 Å². The molecule has 0 unspecified atom stereocenters. The highest BCUT2D eigenvalue weighted by molar-refractivity contribution is 5.67. The largest absolute Gasteiger partial charge is 0.497 e. The molecule has 22 heavy (non-hydrogen) atoms. The maximum Gasteiger partial charge on any atom is 0.407 e. The van der Waals surface area contributed by atoms with Crippen LogP contribution >= 0.6 is 0 Å². The molecule has 0 spiro atoms. The fraction of sp³-hybridized carbons (Fsp3) is 0.533. The molecular formula is C15H22N2O5. The molecule has 1 aliphatic rings. The number of methoxy groups -OCH3 is 1. The fourth-order valence-corrected chi connectivity index (χ4v) is 2.46. The summed E-state index contributed by atoms with van der Waals surface area (Å²) in [5.74, 6) is 0.777. The second kappa shape index (κ2) is 7.98. The summed E-state index contributed by atoms with van der Waals surface area (Å²) < 4.78 is 10.4. The number of amides is 1. The van der Waals surface area contributed by atoms with E-state index in [1.54, 1.807) is 7.11 Å². The molecule has 1 aromatic rings. The number of benzene rings is 1. The molecule has 3 atom stereocenters. The minimum absolute atomic E-state index is 0.123. The molecule has 1 aliphatic heterocycles. The standard InChI is InChI=1S/C15H22N2O5/c1-21-11-4-2-10(3-5-11)8-12-14(13(19)9-17-12)22-15(20)16-6-7-18/h2-5,12-14,17-19H,6-9H2,1H3,(H,16,20)/t12-,13+,14+/m1/s1. The molecule has 7 heteroatoms. The fourth-order valence-electron chi connectivity index (χ4n) is 2.46. The maximum absolute atomic E-state index is 11.6. The molecule has 1 heterocycles. The average Bonchev–Trinajstić information content (AvgIpc) is 2.87. The van der Waals surface area contributed by atoms with E-state index >= 15 is 0 Å². The summed E-state index contributed by atoms with van der Waals surface area (Å²) in [5, 5.41) is 24.2. The van der Waals surface area contributed by atoms with Crippen molar-refractivity contribution in [1.29, 1.82) is 0 Å². The lowest BCUT2D eigenvalue weighted by Gasteiger charge is -2.22. The Morgan fingerprint density at radius 1 is 1.41 bits per heavy atom. The summed E-state index contributed by atoms with van der Waals surface area (Å²) in [5.41, 5.74) is 1.05. The Labute approximate surface area is 129 Å². The van der Waals surface area contributed by atoms with Gasteiger partial charge in [0, 0.05) is 13.1 Å². The highest BCUT2D eigenvalue weighted by Gasteiger charge is 2.37. The van der Waals surface area contributed by atoms with Crippen molar-refractivity contribution in [3.8, 4) is 5.75 Å². The third-order valence-electron chi connectivity index (χ3n) is 3.60. The number of carbonyl (C=O) groups is 1. The second-order valence-electron chi connectivity index (χ2n) is 5.15. The molecule has 0 aliphatic carbocycles. The number of hydrogen-bond acceptors (Lipinski definition) is 6. The first-order valence-corrected chi connectivity index (χ1v) is 7.23. The molecule has 0 aromatic heterocycles. The lowest BCUT2D eigenvalue weighted by atomic mass is 10.0. The lowest BCUT2D eigenvalue weighted by molar-refractivity contribution is 0.0186. The van der Waals surface area contributed by atoms with Gasteiger partial charge in [-0.25, -0.2) is 4.79 Å². The second-order valence-corrected chi connectivity index (χ2v) is 5.15. The number of aliphatic hydroxyl groups is 2. The Hall–Kier alpha value is -1.83. The van der Waals surface area contributed by atoms with Gasteiger partial charge in [-0.3, -0.25) is 0 Å². The van der Waals surface area contributed by atoms with Crippen LogP contribution in [0.5, 0.6) is 5.75 Å². The smallest absolute Gasteiger partial charge is 0.407 e. The molecule has 1 fully saturated rings. The number of aliphatic hydroxyl groups excluding tert-OH is 2. The Bertz CT molecular complexity index is 479. The van der Waals surface area contributed by atoms with E-state index in [4.69, 9.17) is 14.6 Å². The van der Waals surface area contributed by atoms with Crippen LogP contribution in [0.2, 0.25) is 0 Å². The van der Waals surface area contributed by atoms with E-state index in [2.05, 4.69) is 10.6 Å². The molecule has 0 bridgehead atoms. The van der Waals surface area contributed by atoms with Crippen molar-refractivity contribution in [1.82, 2.24) is 10.6 Å². The summed E-state index contributed by atoms with van der Waals surface area (Å²) in [4.78, 5) is 11.6. The minimum Gasteiger partial charge on any atom is -0.497 e. The molecule has 1 amide bonds. The number of carbonyl (C=O) groups excluding carboxylic acids is 1. The zero-order valence-corrected chi connectivity index (χ0v) is 12.5. The van der Waals surface area contributed by atoms with Crippen LogP contribution in [-0.4, -0.2) is 61.4 Å². The van der Waals surface area contributed by atoms with Crippen molar-refractivity contribution in [2.24, 2.45) is 0 Å². The van der Waals surface area contributed by atoms with Crippen molar-refractivity contribution in [3.63, 3.8) is 0 Å². The zero-order chi connectivity index (χ0) is 15.9. The Morgan fingerprint density at radius 3 is 2.77 bits per heavy atom. The first kappa shape index (κ1) is 16.5. The van der Waals surface area contributed by atoms with Crippen LogP contribution in [0.4, 0.5) is 4.79 Å². The molecule has 2 rings (SSSR count). The SMILES string of the molecule is COc1ccc(C[C@H]2NC[C@H](O)[C@H]2OC(=O)NCCO)cc1. The van der Waals surface area contributed by atoms with Gasteiger partial charge in [0.15, 0.2) is 0 Å². The van der Waals surface area contributed by atoms with Crippen LogP contribution in [-0.2, 0) is 11.2 Å². The van der Waals surface area contributed by atoms with Crippen molar-refractivity contribution in [2.75, 3.05) is 26.8 Å². The van der Waals surface area contributed by atoms with E-state index in [9.17, 15) is 9.90 Å². The van der Waals surface area contributed by atoms with Gasteiger partial charge in [-0.2, -0.15) is 0 Å². The van der Waals surface area contributed by atoms with E-state index in [1.807, 2.05) is 24.3 Å². The summed E-state index contributed by atoms with van der Waals surface area (Å²) in [6.45, 7) is 0.340. The number of hydrogen-bond donors (Lipinski definition) is 4. The number of alkyl carbamates (subject to hydrolysis) is 1. The molecule has 0 saturated carbocycles. The van der Waals surface area contributed by atoms with Crippen LogP contribution in [0.3, 0.4) is 0 Å². The van der Waals surface area contributed by atoms with Crippen LogP contribution in [0.25, 0.3) is 0 Å². The molecular weight excluding hydrogens is 288 g/mol. The summed E-state index contributed by atoms with van der Waals surface area (Å²) in [6.07, 6.45) is -1.38. The predicted octanol–water partition coefficient (Wildman–Crippen LogP) is -0.342. The number of rotatable bonds is 6. The molecule has 4 N–H and O–H groups in total. The predicted molar refractivity (Wildman–Crippen MR) is 79.9 cm³/mol. The van der Waals surface area contributed by atoms with Crippen LogP contribution in [0.15, 0.2) is 24.3 Å². The molecule has 122 valence electrons. The first-order chi connectivity index (χ1) is 10.6. The van der Waals surface area contributed by atoms with Gasteiger partial charge in [0.25, 0.3) is 0 Å². The van der Waals surface area contributed by atoms with Crippen molar-refractivity contribution in [3.05, 3.63) is 29.8 Å². The van der Waals surface area contributed by atoms with Crippen LogP contribution in [0.1, 0.15) is 5.56 Å². The maximum atomic E-state index is 11.6. The van der Waals surface area contributed by atoms with E-state index in [1.165, 1.54) is 0 Å². The monoisotopic (exact) mass is 310 g/mol. The Morgan fingerprint density at radius 2 is 2.14 bits per heavy atom. The highest BCUT2D eigenvalue weighted by Crippen LogP contribution is 2.19. The summed E-state index contributed by atoms with van der Waals surface area (Å²) >= 11 is 0. The molecule has 7 nitrogen and oxygen atoms in total. The van der Waals surface area contributed by atoms with Gasteiger partial charge < -0.3 is 30.3 Å². The minimum atomic E-state index is -0.747. The number of ether oxygens (including phenoxy) is 2. The summed E-state index contributed by atoms with van der Waals surface area (Å²) in [6, 6.07) is 7.44. The van der Waals surface area contributed by atoms with Crippen LogP contribution < -0.4 is 15.4 Å². The normalized spacial score (nSPS) is 24.0. The van der Waals surface area contributed by atoms with Gasteiger partial charge in [-0.1, -0.05) is 12.1 Å². The average molecular weight is 310 g/mol. The number of nitrogens with one attached hydrogen (secondary N) is 2. The van der Waals surface area contributed by atoms with Gasteiger partial charge in [-0.05, 0) is 24.1 Å². The zero-order valence-electron chi connectivity index (χ0n) is 12.5. The van der Waals surface area contributed by atoms with Crippen molar-refractivity contribution < 1.29 is 24.5 Å². The third-order valence-corrected chi connectivity index (χ3v) is 3.60. The first-order valence-electron chi connectivity index (χ1n) is 7.23. The lowest BCUT2D eigenvalue weighted by Crippen LogP contribution is -2.42. The van der Waals surface area contributed by atoms with E-state index in [0.717, 1.165) is 11.3 Å². The van der Waals surface area contributed by atoms with Gasteiger partial charge in [0.05, 0.1) is 19.8 Å². The summed E-state index contributed by atoms with van der Waals surface area (Å²) in [7, 11) is 1.61. The quantitative estimate of drug-likeness (QED) is 0.573. The Balaban J connectivity index is 1.94. The van der Waals surface area contributed by atoms with Gasteiger partial charge in [0.2, 0.25) is 0 Å². The van der Waals surface area contributed by atoms with Crippen LogP contribution in [0, 0.1) is 0 Å². The molecule has 0 radical (unpaired) electrons. The van der Waals surface area contributed by atoms with Gasteiger partial charge in [0.1, 0.15) is 18.0 Å².